The van der Waals surface area contributed by atoms with Crippen LogP contribution in [0.3, 0.4) is 0 Å². The first-order valence-electron chi connectivity index (χ1n) is 9.32. The van der Waals surface area contributed by atoms with Gasteiger partial charge in [-0.15, -0.1) is 10.2 Å². The van der Waals surface area contributed by atoms with Crippen LogP contribution in [-0.4, -0.2) is 46.7 Å². The number of hydrogen-bond acceptors (Lipinski definition) is 7. The van der Waals surface area contributed by atoms with Crippen LogP contribution < -0.4 is 0 Å². The van der Waals surface area contributed by atoms with Crippen LogP contribution in [-0.2, 0) is 20.7 Å². The quantitative estimate of drug-likeness (QED) is 0.716. The number of nitrogens with zero attached hydrogens (tertiary/aromatic N) is 3. The Morgan fingerprint density at radius 3 is 2.81 bits per heavy atom. The average Bonchev–Trinajstić information content (AvgIpc) is 3.25. The number of ether oxygens (including phenoxy) is 1. The Kier molecular flexibility index (Phi) is 5.93. The highest BCUT2D eigenvalue weighted by molar-refractivity contribution is 5.78. The number of carbonyl (C=O) groups is 2. The van der Waals surface area contributed by atoms with Gasteiger partial charge in [0.25, 0.3) is 5.89 Å². The summed E-state index contributed by atoms with van der Waals surface area (Å²) in [6.07, 6.45) is 2.20. The Hall–Kier alpha value is -2.64. The molecule has 0 aromatic carbocycles. The van der Waals surface area contributed by atoms with Crippen molar-refractivity contribution in [2.24, 2.45) is 5.92 Å². The molecule has 27 heavy (non-hydrogen) atoms. The van der Waals surface area contributed by atoms with Gasteiger partial charge in [-0.2, -0.15) is 0 Å². The van der Waals surface area contributed by atoms with E-state index in [1.807, 2.05) is 19.9 Å². The Morgan fingerprint density at radius 2 is 2.11 bits per heavy atom. The molecule has 1 aliphatic heterocycles. The van der Waals surface area contributed by atoms with Gasteiger partial charge in [0, 0.05) is 25.9 Å². The van der Waals surface area contributed by atoms with Gasteiger partial charge < -0.3 is 18.5 Å². The van der Waals surface area contributed by atoms with Crippen molar-refractivity contribution in [3.05, 3.63) is 23.5 Å². The number of furan rings is 1. The van der Waals surface area contributed by atoms with E-state index < -0.39 is 0 Å². The summed E-state index contributed by atoms with van der Waals surface area (Å²) in [6, 6.07) is 1.85. The van der Waals surface area contributed by atoms with Gasteiger partial charge in [0.05, 0.1) is 18.1 Å². The topological polar surface area (TPSA) is 98.7 Å². The molecule has 1 unspecified atom stereocenters. The summed E-state index contributed by atoms with van der Waals surface area (Å²) < 4.78 is 16.2. The maximum atomic E-state index is 12.5. The van der Waals surface area contributed by atoms with Crippen molar-refractivity contribution in [2.45, 2.75) is 46.5 Å². The molecular weight excluding hydrogens is 350 g/mol. The van der Waals surface area contributed by atoms with E-state index >= 15 is 0 Å². The van der Waals surface area contributed by atoms with E-state index in [4.69, 9.17) is 13.6 Å². The maximum Gasteiger partial charge on any atom is 0.310 e. The SMILES string of the molecule is CCOC(=O)C1CCCN(C(=O)CCc2nnc(-c3cc(C)oc3C)o2)C1. The molecule has 8 heteroatoms. The summed E-state index contributed by atoms with van der Waals surface area (Å²) >= 11 is 0. The normalized spacial score (nSPS) is 17.1. The second kappa shape index (κ2) is 8.37. The van der Waals surface area contributed by atoms with Crippen LogP contribution in [0.2, 0.25) is 0 Å². The van der Waals surface area contributed by atoms with E-state index in [-0.39, 0.29) is 24.2 Å². The van der Waals surface area contributed by atoms with E-state index in [0.29, 0.717) is 37.9 Å². The van der Waals surface area contributed by atoms with E-state index in [1.54, 1.807) is 11.8 Å². The summed E-state index contributed by atoms with van der Waals surface area (Å²) in [5.74, 6) is 1.84. The molecule has 0 N–H and O–H groups in total. The monoisotopic (exact) mass is 375 g/mol. The van der Waals surface area contributed by atoms with Gasteiger partial charge in [0.15, 0.2) is 0 Å². The van der Waals surface area contributed by atoms with Gasteiger partial charge in [0.1, 0.15) is 11.5 Å². The number of hydrogen-bond donors (Lipinski definition) is 0. The van der Waals surface area contributed by atoms with Crippen LogP contribution in [0.4, 0.5) is 0 Å². The van der Waals surface area contributed by atoms with Crippen molar-refractivity contribution in [1.29, 1.82) is 0 Å². The largest absolute Gasteiger partial charge is 0.466 e. The molecule has 0 spiro atoms. The molecule has 3 rings (SSSR count). The lowest BCUT2D eigenvalue weighted by atomic mass is 9.98. The molecule has 8 nitrogen and oxygen atoms in total. The van der Waals surface area contributed by atoms with E-state index in [2.05, 4.69) is 10.2 Å². The van der Waals surface area contributed by atoms with Gasteiger partial charge >= 0.3 is 5.97 Å². The van der Waals surface area contributed by atoms with Gasteiger partial charge in [-0.1, -0.05) is 0 Å². The summed E-state index contributed by atoms with van der Waals surface area (Å²) in [5, 5.41) is 8.07. The van der Waals surface area contributed by atoms with Crippen LogP contribution >= 0.6 is 0 Å². The van der Waals surface area contributed by atoms with Crippen molar-refractivity contribution in [2.75, 3.05) is 19.7 Å². The number of likely N-dealkylation sites (tertiary alicyclic amines) is 1. The minimum Gasteiger partial charge on any atom is -0.466 e. The first-order chi connectivity index (χ1) is 13.0. The molecule has 2 aromatic heterocycles. The molecule has 146 valence electrons. The third kappa shape index (κ3) is 4.56. The average molecular weight is 375 g/mol. The number of carbonyl (C=O) groups excluding carboxylic acids is 2. The zero-order valence-corrected chi connectivity index (χ0v) is 16.0. The number of amides is 1. The molecule has 1 aliphatic rings. The first kappa shape index (κ1) is 19.1. The van der Waals surface area contributed by atoms with Crippen molar-refractivity contribution in [3.63, 3.8) is 0 Å². The minimum absolute atomic E-state index is 0.0147. The third-order valence-electron chi connectivity index (χ3n) is 4.68. The predicted molar refractivity (Wildman–Crippen MR) is 95.7 cm³/mol. The fourth-order valence-electron chi connectivity index (χ4n) is 3.33. The Labute approximate surface area is 157 Å². The lowest BCUT2D eigenvalue weighted by molar-refractivity contribution is -0.151. The Balaban J connectivity index is 1.55. The third-order valence-corrected chi connectivity index (χ3v) is 4.68. The predicted octanol–water partition coefficient (Wildman–Crippen LogP) is 2.68. The fraction of sp³-hybridized carbons (Fsp3) is 0.579. The molecule has 3 heterocycles. The van der Waals surface area contributed by atoms with Crippen LogP contribution in [0.5, 0.6) is 0 Å². The lowest BCUT2D eigenvalue weighted by Gasteiger charge is -2.31. The Bertz CT molecular complexity index is 810. The summed E-state index contributed by atoms with van der Waals surface area (Å²) in [7, 11) is 0. The highest BCUT2D eigenvalue weighted by Gasteiger charge is 2.29. The smallest absolute Gasteiger partial charge is 0.310 e. The standard InChI is InChI=1S/C19H25N3O5/c1-4-25-19(24)14-6-5-9-22(11-14)17(23)8-7-16-20-21-18(27-16)15-10-12(2)26-13(15)3/h10,14H,4-9,11H2,1-3H3. The summed E-state index contributed by atoms with van der Waals surface area (Å²) in [5.41, 5.74) is 0.769. The van der Waals surface area contributed by atoms with Crippen molar-refractivity contribution >= 4 is 11.9 Å². The molecule has 0 bridgehead atoms. The summed E-state index contributed by atoms with van der Waals surface area (Å²) in [6.45, 7) is 6.92. The van der Waals surface area contributed by atoms with Crippen LogP contribution in [0.25, 0.3) is 11.5 Å². The van der Waals surface area contributed by atoms with Gasteiger partial charge in [-0.25, -0.2) is 0 Å². The van der Waals surface area contributed by atoms with Crippen LogP contribution in [0.15, 0.2) is 14.9 Å². The van der Waals surface area contributed by atoms with Crippen LogP contribution in [0, 0.1) is 19.8 Å². The number of rotatable bonds is 6. The maximum absolute atomic E-state index is 12.5. The zero-order valence-electron chi connectivity index (χ0n) is 16.0. The molecule has 2 aromatic rings. The van der Waals surface area contributed by atoms with E-state index in [1.165, 1.54) is 0 Å². The molecular formula is C19H25N3O5. The van der Waals surface area contributed by atoms with E-state index in [9.17, 15) is 9.59 Å². The van der Waals surface area contributed by atoms with Crippen molar-refractivity contribution < 1.29 is 23.2 Å². The minimum atomic E-state index is -0.232. The number of esters is 1. The number of aryl methyl sites for hydroxylation is 3. The molecule has 1 atom stereocenters. The number of aromatic nitrogens is 2. The second-order valence-corrected chi connectivity index (χ2v) is 6.76. The van der Waals surface area contributed by atoms with Gasteiger partial charge in [0.2, 0.25) is 11.8 Å². The fourth-order valence-corrected chi connectivity index (χ4v) is 3.33. The van der Waals surface area contributed by atoms with Crippen molar-refractivity contribution in [1.82, 2.24) is 15.1 Å². The van der Waals surface area contributed by atoms with Crippen LogP contribution in [0.1, 0.15) is 43.6 Å². The molecule has 0 aliphatic carbocycles. The first-order valence-corrected chi connectivity index (χ1v) is 9.32. The number of piperidine rings is 1. The zero-order chi connectivity index (χ0) is 19.4. The second-order valence-electron chi connectivity index (χ2n) is 6.76. The molecule has 1 fully saturated rings. The van der Waals surface area contributed by atoms with Crippen molar-refractivity contribution in [3.8, 4) is 11.5 Å². The van der Waals surface area contributed by atoms with E-state index in [0.717, 1.165) is 29.9 Å². The molecule has 1 saturated heterocycles. The Morgan fingerprint density at radius 1 is 1.30 bits per heavy atom. The summed E-state index contributed by atoms with van der Waals surface area (Å²) in [4.78, 5) is 26.1. The molecule has 0 radical (unpaired) electrons. The highest BCUT2D eigenvalue weighted by Crippen LogP contribution is 2.25. The van der Waals surface area contributed by atoms with Gasteiger partial charge in [-0.3, -0.25) is 9.59 Å². The van der Waals surface area contributed by atoms with Gasteiger partial charge in [-0.05, 0) is 39.7 Å². The lowest BCUT2D eigenvalue weighted by Crippen LogP contribution is -2.42. The molecule has 0 saturated carbocycles. The molecule has 1 amide bonds. The highest BCUT2D eigenvalue weighted by atomic mass is 16.5.